The minimum absolute atomic E-state index is 0.0345. The summed E-state index contributed by atoms with van der Waals surface area (Å²) in [5.74, 6) is -0.726. The van der Waals surface area contributed by atoms with E-state index in [-0.39, 0.29) is 31.3 Å². The fraction of sp³-hybridized carbons (Fsp3) is 0.269. The van der Waals surface area contributed by atoms with Crippen LogP contribution in [0.5, 0.6) is 0 Å². The number of amides is 1. The van der Waals surface area contributed by atoms with E-state index in [1.807, 2.05) is 24.3 Å². The molecule has 1 fully saturated rings. The van der Waals surface area contributed by atoms with Crippen molar-refractivity contribution in [1.29, 1.82) is 0 Å². The summed E-state index contributed by atoms with van der Waals surface area (Å²) >= 11 is 0. The van der Waals surface area contributed by atoms with Crippen LogP contribution in [-0.4, -0.2) is 52.5 Å². The summed E-state index contributed by atoms with van der Waals surface area (Å²) in [7, 11) is 0. The summed E-state index contributed by atoms with van der Waals surface area (Å²) in [5.41, 5.74) is 5.48. The van der Waals surface area contributed by atoms with Crippen LogP contribution in [0.25, 0.3) is 0 Å². The first-order valence-electron chi connectivity index (χ1n) is 11.7. The molecule has 0 bridgehead atoms. The van der Waals surface area contributed by atoms with Crippen LogP contribution in [0.4, 0.5) is 13.6 Å². The van der Waals surface area contributed by atoms with Gasteiger partial charge in [-0.05, 0) is 52.9 Å². The highest BCUT2D eigenvalue weighted by molar-refractivity contribution is 5.63. The number of nitro groups is 1. The summed E-state index contributed by atoms with van der Waals surface area (Å²) in [6.45, 7) is 0.626. The lowest BCUT2D eigenvalue weighted by atomic mass is 10.0. The van der Waals surface area contributed by atoms with E-state index in [9.17, 15) is 23.7 Å². The molecular formula is C26H26F2N4O5. The lowest BCUT2D eigenvalue weighted by molar-refractivity contribution is -0.659. The SMILES string of the molecule is O=C(O)NN1CCN([N+](=O)[O-])CC1c1ccc(CCOC(c2ccc(F)cc2)c2ccc(F)cc2)cc1. The highest BCUT2D eigenvalue weighted by atomic mass is 19.1. The summed E-state index contributed by atoms with van der Waals surface area (Å²) in [6, 6.07) is 18.8. The van der Waals surface area contributed by atoms with Crippen molar-refractivity contribution in [2.75, 3.05) is 26.2 Å². The predicted octanol–water partition coefficient (Wildman–Crippen LogP) is 4.35. The largest absolute Gasteiger partial charge is 0.464 e. The van der Waals surface area contributed by atoms with Crippen LogP contribution in [0.2, 0.25) is 0 Å². The average molecular weight is 513 g/mol. The number of carbonyl (C=O) groups is 1. The number of nitrogens with one attached hydrogen (secondary N) is 1. The molecule has 1 heterocycles. The Bertz CT molecular complexity index is 1160. The Morgan fingerprint density at radius 3 is 2.08 bits per heavy atom. The summed E-state index contributed by atoms with van der Waals surface area (Å²) < 4.78 is 33.0. The molecule has 1 amide bonds. The molecule has 11 heteroatoms. The fourth-order valence-corrected chi connectivity index (χ4v) is 4.32. The van der Waals surface area contributed by atoms with Gasteiger partial charge in [-0.3, -0.25) is 5.43 Å². The highest BCUT2D eigenvalue weighted by Gasteiger charge is 2.33. The Labute approximate surface area is 212 Å². The standard InChI is InChI=1S/C26H26F2N4O5/c27-22-9-5-20(6-10-22)25(21-7-11-23(28)12-8-21)37-16-13-18-1-3-19(4-2-18)24-17-30(32(35)36)14-15-31(24)29-26(33)34/h1-12,24-25,29H,13-17H2,(H,33,34). The van der Waals surface area contributed by atoms with Crippen LogP contribution < -0.4 is 5.43 Å². The maximum Gasteiger partial charge on any atom is 0.419 e. The number of piperazine rings is 1. The molecule has 4 rings (SSSR count). The van der Waals surface area contributed by atoms with Gasteiger partial charge in [0.05, 0.1) is 19.2 Å². The van der Waals surface area contributed by atoms with E-state index >= 15 is 0 Å². The number of hydrogen-bond acceptors (Lipinski definition) is 5. The van der Waals surface area contributed by atoms with Gasteiger partial charge in [-0.2, -0.15) is 0 Å². The third-order valence-corrected chi connectivity index (χ3v) is 6.21. The lowest BCUT2D eigenvalue weighted by Gasteiger charge is -2.37. The Kier molecular flexibility index (Phi) is 8.26. The molecule has 1 aliphatic heterocycles. The van der Waals surface area contributed by atoms with Gasteiger partial charge in [-0.25, -0.2) is 28.7 Å². The Balaban J connectivity index is 1.43. The van der Waals surface area contributed by atoms with Crippen LogP contribution in [0, 0.1) is 21.7 Å². The second-order valence-corrected chi connectivity index (χ2v) is 8.62. The quantitative estimate of drug-likeness (QED) is 0.324. The predicted molar refractivity (Wildman–Crippen MR) is 130 cm³/mol. The highest BCUT2D eigenvalue weighted by Crippen LogP contribution is 2.28. The van der Waals surface area contributed by atoms with Crippen molar-refractivity contribution in [1.82, 2.24) is 15.4 Å². The maximum absolute atomic E-state index is 13.4. The number of ether oxygens (including phenoxy) is 1. The third-order valence-electron chi connectivity index (χ3n) is 6.21. The van der Waals surface area contributed by atoms with Crippen molar-refractivity contribution in [2.24, 2.45) is 0 Å². The smallest absolute Gasteiger partial charge is 0.419 e. The molecule has 1 unspecified atom stereocenters. The van der Waals surface area contributed by atoms with Gasteiger partial charge < -0.3 is 9.84 Å². The zero-order chi connectivity index (χ0) is 26.4. The molecule has 37 heavy (non-hydrogen) atoms. The van der Waals surface area contributed by atoms with Crippen LogP contribution in [0.1, 0.15) is 34.4 Å². The Hall–Kier alpha value is -4.09. The zero-order valence-corrected chi connectivity index (χ0v) is 19.8. The number of rotatable bonds is 9. The second kappa shape index (κ2) is 11.8. The topological polar surface area (TPSA) is 108 Å². The van der Waals surface area contributed by atoms with Crippen molar-refractivity contribution >= 4 is 6.09 Å². The molecule has 0 aromatic heterocycles. The zero-order valence-electron chi connectivity index (χ0n) is 19.8. The minimum atomic E-state index is -1.23. The molecule has 9 nitrogen and oxygen atoms in total. The molecule has 3 aromatic carbocycles. The van der Waals surface area contributed by atoms with E-state index in [0.29, 0.717) is 13.0 Å². The number of hydrogen-bond donors (Lipinski definition) is 2. The Morgan fingerprint density at radius 2 is 1.57 bits per heavy atom. The molecule has 2 N–H and O–H groups in total. The molecule has 3 aromatic rings. The number of carboxylic acid groups (broad SMARTS) is 1. The van der Waals surface area contributed by atoms with Gasteiger partial charge in [-0.1, -0.05) is 48.5 Å². The van der Waals surface area contributed by atoms with Gasteiger partial charge in [0, 0.05) is 6.54 Å². The maximum atomic E-state index is 13.4. The summed E-state index contributed by atoms with van der Waals surface area (Å²) in [6.07, 6.45) is -1.20. The van der Waals surface area contributed by atoms with E-state index in [2.05, 4.69) is 5.43 Å². The van der Waals surface area contributed by atoms with E-state index in [0.717, 1.165) is 27.3 Å². The number of nitrogens with zero attached hydrogens (tertiary/aromatic N) is 3. The van der Waals surface area contributed by atoms with Gasteiger partial charge in [0.15, 0.2) is 5.03 Å². The molecule has 1 aliphatic rings. The molecule has 0 saturated carbocycles. The first-order chi connectivity index (χ1) is 17.8. The van der Waals surface area contributed by atoms with Crippen molar-refractivity contribution < 1.29 is 28.5 Å². The second-order valence-electron chi connectivity index (χ2n) is 8.62. The molecule has 1 saturated heterocycles. The Morgan fingerprint density at radius 1 is 1.00 bits per heavy atom. The molecular weight excluding hydrogens is 486 g/mol. The van der Waals surface area contributed by atoms with Gasteiger partial charge >= 0.3 is 6.09 Å². The fourth-order valence-electron chi connectivity index (χ4n) is 4.32. The van der Waals surface area contributed by atoms with Crippen molar-refractivity contribution in [2.45, 2.75) is 18.6 Å². The number of halogens is 2. The third kappa shape index (κ3) is 6.78. The molecule has 0 spiro atoms. The monoisotopic (exact) mass is 512 g/mol. The molecule has 0 aliphatic carbocycles. The van der Waals surface area contributed by atoms with Gasteiger partial charge in [-0.15, -0.1) is 5.01 Å². The van der Waals surface area contributed by atoms with Gasteiger partial charge in [0.1, 0.15) is 24.3 Å². The summed E-state index contributed by atoms with van der Waals surface area (Å²) in [4.78, 5) is 22.4. The van der Waals surface area contributed by atoms with E-state index in [1.54, 1.807) is 24.3 Å². The lowest BCUT2D eigenvalue weighted by Crippen LogP contribution is -2.56. The van der Waals surface area contributed by atoms with E-state index < -0.39 is 23.3 Å². The number of hydrazine groups is 2. The normalized spacial score (nSPS) is 16.1. The van der Waals surface area contributed by atoms with Crippen molar-refractivity contribution in [3.8, 4) is 0 Å². The van der Waals surface area contributed by atoms with Crippen LogP contribution in [-0.2, 0) is 11.2 Å². The molecule has 194 valence electrons. The first kappa shape index (κ1) is 26.0. The minimum Gasteiger partial charge on any atom is -0.464 e. The molecule has 1 atom stereocenters. The van der Waals surface area contributed by atoms with Crippen LogP contribution in [0.15, 0.2) is 72.8 Å². The van der Waals surface area contributed by atoms with E-state index in [4.69, 9.17) is 9.84 Å². The van der Waals surface area contributed by atoms with Crippen molar-refractivity contribution in [3.63, 3.8) is 0 Å². The summed E-state index contributed by atoms with van der Waals surface area (Å²) in [5, 5.41) is 22.5. The van der Waals surface area contributed by atoms with Crippen LogP contribution in [0.3, 0.4) is 0 Å². The van der Waals surface area contributed by atoms with Crippen LogP contribution >= 0.6 is 0 Å². The van der Waals surface area contributed by atoms with E-state index in [1.165, 1.54) is 29.3 Å². The van der Waals surface area contributed by atoms with Crippen molar-refractivity contribution in [3.05, 3.63) is 117 Å². The number of benzene rings is 3. The first-order valence-corrected chi connectivity index (χ1v) is 11.7. The van der Waals surface area contributed by atoms with Gasteiger partial charge in [0.2, 0.25) is 0 Å². The average Bonchev–Trinajstić information content (AvgIpc) is 2.88. The van der Waals surface area contributed by atoms with Gasteiger partial charge in [0.25, 0.3) is 0 Å². The molecule has 0 radical (unpaired) electrons.